The summed E-state index contributed by atoms with van der Waals surface area (Å²) in [5, 5.41) is 0.688. The van der Waals surface area contributed by atoms with E-state index in [1.165, 1.54) is 6.33 Å². The van der Waals surface area contributed by atoms with Gasteiger partial charge in [-0.05, 0) is 37.6 Å². The van der Waals surface area contributed by atoms with Crippen molar-refractivity contribution >= 4 is 23.1 Å². The number of halogens is 1. The third-order valence-electron chi connectivity index (χ3n) is 3.13. The van der Waals surface area contributed by atoms with E-state index in [1.54, 1.807) is 12.1 Å². The molecule has 0 amide bonds. The maximum absolute atomic E-state index is 6.21. The Hall–Kier alpha value is -2.01. The van der Waals surface area contributed by atoms with E-state index in [0.29, 0.717) is 29.7 Å². The van der Waals surface area contributed by atoms with Crippen LogP contribution in [0.5, 0.6) is 5.88 Å². The zero-order valence-electron chi connectivity index (χ0n) is 12.4. The minimum absolute atomic E-state index is 0.571. The molecule has 0 fully saturated rings. The molecule has 0 radical (unpaired) electrons. The molecular weight excluding hydrogens is 288 g/mol. The normalized spacial score (nSPS) is 10.5. The molecule has 0 aliphatic rings. The molecule has 0 spiro atoms. The molecule has 2 aromatic rings. The fourth-order valence-electron chi connectivity index (χ4n) is 2.14. The molecule has 21 heavy (non-hydrogen) atoms. The van der Waals surface area contributed by atoms with Gasteiger partial charge in [-0.3, -0.25) is 0 Å². The van der Waals surface area contributed by atoms with Gasteiger partial charge in [-0.25, -0.2) is 9.97 Å². The Balaban J connectivity index is 2.26. The molecule has 0 atom stereocenters. The highest BCUT2D eigenvalue weighted by molar-refractivity contribution is 6.31. The van der Waals surface area contributed by atoms with E-state index in [-0.39, 0.29) is 0 Å². The van der Waals surface area contributed by atoms with Crippen molar-refractivity contribution in [1.29, 1.82) is 0 Å². The summed E-state index contributed by atoms with van der Waals surface area (Å²) in [4.78, 5) is 10.5. The monoisotopic (exact) mass is 306 g/mol. The van der Waals surface area contributed by atoms with Crippen molar-refractivity contribution in [3.05, 3.63) is 40.7 Å². The van der Waals surface area contributed by atoms with Crippen LogP contribution in [0.2, 0.25) is 5.02 Å². The highest BCUT2D eigenvalue weighted by Crippen LogP contribution is 2.26. The lowest BCUT2D eigenvalue weighted by Crippen LogP contribution is -2.20. The Labute approximate surface area is 129 Å². The predicted molar refractivity (Wildman–Crippen MR) is 85.9 cm³/mol. The molecule has 0 bridgehead atoms. The summed E-state index contributed by atoms with van der Waals surface area (Å²) in [6, 6.07) is 5.46. The highest BCUT2D eigenvalue weighted by Gasteiger charge is 2.13. The first kappa shape index (κ1) is 15.4. The number of hydrogen-bond acceptors (Lipinski definition) is 5. The third kappa shape index (κ3) is 3.55. The van der Waals surface area contributed by atoms with Gasteiger partial charge in [0.1, 0.15) is 12.1 Å². The van der Waals surface area contributed by atoms with Crippen molar-refractivity contribution in [2.24, 2.45) is 0 Å². The number of ether oxygens (including phenoxy) is 1. The second-order valence-corrected chi connectivity index (χ2v) is 5.17. The van der Waals surface area contributed by atoms with Crippen LogP contribution in [0.15, 0.2) is 24.5 Å². The maximum atomic E-state index is 6.21. The summed E-state index contributed by atoms with van der Waals surface area (Å²) in [6.45, 7) is 5.05. The summed E-state index contributed by atoms with van der Waals surface area (Å²) in [7, 11) is 1.95. The predicted octanol–water partition coefficient (Wildman–Crippen LogP) is 3.06. The van der Waals surface area contributed by atoms with Crippen molar-refractivity contribution in [2.75, 3.05) is 24.3 Å². The van der Waals surface area contributed by atoms with Crippen LogP contribution in [0, 0.1) is 6.92 Å². The number of aromatic nitrogens is 2. The standard InChI is InChI=1S/C15H19ClN4O/c1-4-21-15-10(2)14(18-9-19-15)20(3)8-11-7-12(17)5-6-13(11)16/h5-7,9H,4,8,17H2,1-3H3. The first-order chi connectivity index (χ1) is 10.0. The Morgan fingerprint density at radius 1 is 1.33 bits per heavy atom. The third-order valence-corrected chi connectivity index (χ3v) is 3.50. The summed E-state index contributed by atoms with van der Waals surface area (Å²) >= 11 is 6.21. The van der Waals surface area contributed by atoms with Crippen LogP contribution in [0.25, 0.3) is 0 Å². The number of benzene rings is 1. The average molecular weight is 307 g/mol. The maximum Gasteiger partial charge on any atom is 0.221 e. The van der Waals surface area contributed by atoms with Gasteiger partial charge >= 0.3 is 0 Å². The summed E-state index contributed by atoms with van der Waals surface area (Å²) in [5.41, 5.74) is 8.36. The highest BCUT2D eigenvalue weighted by atomic mass is 35.5. The molecule has 2 rings (SSSR count). The lowest BCUT2D eigenvalue weighted by molar-refractivity contribution is 0.323. The molecule has 0 saturated heterocycles. The second-order valence-electron chi connectivity index (χ2n) is 4.77. The zero-order valence-corrected chi connectivity index (χ0v) is 13.2. The molecule has 6 heteroatoms. The van der Waals surface area contributed by atoms with Gasteiger partial charge in [-0.1, -0.05) is 11.6 Å². The van der Waals surface area contributed by atoms with Gasteiger partial charge in [0, 0.05) is 24.3 Å². The van der Waals surface area contributed by atoms with Crippen molar-refractivity contribution in [2.45, 2.75) is 20.4 Å². The van der Waals surface area contributed by atoms with Crippen LogP contribution < -0.4 is 15.4 Å². The van der Waals surface area contributed by atoms with Crippen LogP contribution in [-0.4, -0.2) is 23.6 Å². The number of hydrogen-bond donors (Lipinski definition) is 1. The van der Waals surface area contributed by atoms with Crippen molar-refractivity contribution in [3.63, 3.8) is 0 Å². The Morgan fingerprint density at radius 3 is 2.81 bits per heavy atom. The molecule has 1 aromatic carbocycles. The van der Waals surface area contributed by atoms with E-state index in [0.717, 1.165) is 16.9 Å². The van der Waals surface area contributed by atoms with Crippen LogP contribution in [-0.2, 0) is 6.54 Å². The number of nitrogens with zero attached hydrogens (tertiary/aromatic N) is 3. The topological polar surface area (TPSA) is 64.3 Å². The van der Waals surface area contributed by atoms with Crippen LogP contribution in [0.4, 0.5) is 11.5 Å². The smallest absolute Gasteiger partial charge is 0.221 e. The van der Waals surface area contributed by atoms with Gasteiger partial charge in [0.2, 0.25) is 5.88 Å². The van der Waals surface area contributed by atoms with Gasteiger partial charge in [-0.2, -0.15) is 0 Å². The molecule has 0 unspecified atom stereocenters. The minimum Gasteiger partial charge on any atom is -0.478 e. The number of rotatable bonds is 5. The van der Waals surface area contributed by atoms with Gasteiger partial charge in [0.15, 0.2) is 0 Å². The Morgan fingerprint density at radius 2 is 2.10 bits per heavy atom. The lowest BCUT2D eigenvalue weighted by Gasteiger charge is -2.21. The quantitative estimate of drug-likeness (QED) is 0.860. The van der Waals surface area contributed by atoms with Gasteiger partial charge in [0.05, 0.1) is 12.2 Å². The second kappa shape index (κ2) is 6.63. The first-order valence-corrected chi connectivity index (χ1v) is 7.10. The van der Waals surface area contributed by atoms with Crippen LogP contribution in [0.1, 0.15) is 18.1 Å². The SMILES string of the molecule is CCOc1ncnc(N(C)Cc2cc(N)ccc2Cl)c1C. The Kier molecular flexibility index (Phi) is 4.85. The average Bonchev–Trinajstić information content (AvgIpc) is 2.45. The number of nitrogens with two attached hydrogens (primary N) is 1. The van der Waals surface area contributed by atoms with Crippen molar-refractivity contribution in [3.8, 4) is 5.88 Å². The molecule has 1 aromatic heterocycles. The van der Waals surface area contributed by atoms with Crippen LogP contribution in [0.3, 0.4) is 0 Å². The zero-order chi connectivity index (χ0) is 15.4. The van der Waals surface area contributed by atoms with E-state index in [1.807, 2.05) is 31.9 Å². The van der Waals surface area contributed by atoms with E-state index in [2.05, 4.69) is 9.97 Å². The summed E-state index contributed by atoms with van der Waals surface area (Å²) in [6.07, 6.45) is 1.50. The van der Waals surface area contributed by atoms with E-state index in [9.17, 15) is 0 Å². The molecule has 0 saturated carbocycles. The molecular formula is C15H19ClN4O. The molecule has 0 aliphatic heterocycles. The molecule has 112 valence electrons. The molecule has 0 aliphatic carbocycles. The van der Waals surface area contributed by atoms with E-state index >= 15 is 0 Å². The minimum atomic E-state index is 0.571. The molecule has 2 N–H and O–H groups in total. The number of anilines is 2. The van der Waals surface area contributed by atoms with Gasteiger partial charge in [0.25, 0.3) is 0 Å². The summed E-state index contributed by atoms with van der Waals surface area (Å²) < 4.78 is 5.50. The van der Waals surface area contributed by atoms with Crippen LogP contribution >= 0.6 is 11.6 Å². The largest absolute Gasteiger partial charge is 0.478 e. The first-order valence-electron chi connectivity index (χ1n) is 6.72. The van der Waals surface area contributed by atoms with E-state index < -0.39 is 0 Å². The van der Waals surface area contributed by atoms with E-state index in [4.69, 9.17) is 22.1 Å². The van der Waals surface area contributed by atoms with Crippen molar-refractivity contribution in [1.82, 2.24) is 9.97 Å². The fraction of sp³-hybridized carbons (Fsp3) is 0.333. The molecule has 1 heterocycles. The van der Waals surface area contributed by atoms with Gasteiger partial charge in [-0.15, -0.1) is 0 Å². The number of nitrogen functional groups attached to an aromatic ring is 1. The lowest BCUT2D eigenvalue weighted by atomic mass is 10.2. The fourth-order valence-corrected chi connectivity index (χ4v) is 2.32. The summed E-state index contributed by atoms with van der Waals surface area (Å²) in [5.74, 6) is 1.42. The Bertz CT molecular complexity index is 633. The van der Waals surface area contributed by atoms with Crippen molar-refractivity contribution < 1.29 is 4.74 Å². The van der Waals surface area contributed by atoms with Gasteiger partial charge < -0.3 is 15.4 Å². The molecule has 5 nitrogen and oxygen atoms in total.